The minimum absolute atomic E-state index is 0.291. The largest absolute Gasteiger partial charge is 0.376 e. The quantitative estimate of drug-likeness (QED) is 0.666. The smallest absolute Gasteiger partial charge is 0.0809 e. The number of hydrogen-bond donors (Lipinski definition) is 1. The molecule has 3 heteroatoms. The average molecular weight is 173 g/mol. The SMILES string of the molecule is CNCC(C)OCC1CCCO1. The highest BCUT2D eigenvalue weighted by Gasteiger charge is 2.16. The van der Waals surface area contributed by atoms with Crippen molar-refractivity contribution in [1.82, 2.24) is 5.32 Å². The van der Waals surface area contributed by atoms with Gasteiger partial charge in [-0.15, -0.1) is 0 Å². The Hall–Kier alpha value is -0.120. The van der Waals surface area contributed by atoms with Gasteiger partial charge in [-0.25, -0.2) is 0 Å². The Morgan fingerprint density at radius 2 is 2.50 bits per heavy atom. The van der Waals surface area contributed by atoms with Crippen molar-refractivity contribution in [3.63, 3.8) is 0 Å². The summed E-state index contributed by atoms with van der Waals surface area (Å²) in [6.45, 7) is 4.65. The molecule has 2 atom stereocenters. The molecule has 0 bridgehead atoms. The number of rotatable bonds is 5. The predicted octanol–water partition coefficient (Wildman–Crippen LogP) is 0.790. The summed E-state index contributed by atoms with van der Waals surface area (Å²) in [6.07, 6.45) is 2.99. The topological polar surface area (TPSA) is 30.5 Å². The molecule has 0 aromatic rings. The van der Waals surface area contributed by atoms with Crippen molar-refractivity contribution in [3.8, 4) is 0 Å². The third kappa shape index (κ3) is 3.52. The maximum absolute atomic E-state index is 5.58. The Balaban J connectivity index is 1.99. The van der Waals surface area contributed by atoms with Gasteiger partial charge in [0, 0.05) is 13.2 Å². The van der Waals surface area contributed by atoms with Crippen molar-refractivity contribution in [2.24, 2.45) is 0 Å². The van der Waals surface area contributed by atoms with Gasteiger partial charge in [0.05, 0.1) is 18.8 Å². The van der Waals surface area contributed by atoms with E-state index in [4.69, 9.17) is 9.47 Å². The van der Waals surface area contributed by atoms with Crippen LogP contribution in [-0.2, 0) is 9.47 Å². The maximum atomic E-state index is 5.58. The molecule has 1 heterocycles. The fraction of sp³-hybridized carbons (Fsp3) is 1.00. The highest BCUT2D eigenvalue weighted by molar-refractivity contribution is 4.64. The van der Waals surface area contributed by atoms with E-state index >= 15 is 0 Å². The lowest BCUT2D eigenvalue weighted by atomic mass is 10.2. The Kier molecular flexibility index (Phi) is 4.58. The van der Waals surface area contributed by atoms with Crippen molar-refractivity contribution in [2.45, 2.75) is 32.0 Å². The van der Waals surface area contributed by atoms with Gasteiger partial charge in [0.25, 0.3) is 0 Å². The fourth-order valence-electron chi connectivity index (χ4n) is 1.39. The third-order valence-corrected chi connectivity index (χ3v) is 2.08. The van der Waals surface area contributed by atoms with Crippen LogP contribution in [0.5, 0.6) is 0 Å². The van der Waals surface area contributed by atoms with Crippen LogP contribution < -0.4 is 5.32 Å². The van der Waals surface area contributed by atoms with Gasteiger partial charge in [-0.05, 0) is 26.8 Å². The molecule has 0 aromatic heterocycles. The number of hydrogen-bond acceptors (Lipinski definition) is 3. The number of nitrogens with one attached hydrogen (secondary N) is 1. The third-order valence-electron chi connectivity index (χ3n) is 2.08. The van der Waals surface area contributed by atoms with Crippen LogP contribution in [0.25, 0.3) is 0 Å². The first kappa shape index (κ1) is 9.96. The number of likely N-dealkylation sites (N-methyl/N-ethyl adjacent to an activating group) is 1. The van der Waals surface area contributed by atoms with Gasteiger partial charge in [0.15, 0.2) is 0 Å². The van der Waals surface area contributed by atoms with Crippen molar-refractivity contribution in [1.29, 1.82) is 0 Å². The summed E-state index contributed by atoms with van der Waals surface area (Å²) < 4.78 is 11.0. The molecule has 3 nitrogen and oxygen atoms in total. The standard InChI is InChI=1S/C9H19NO2/c1-8(6-10-2)12-7-9-4-3-5-11-9/h8-10H,3-7H2,1-2H3. The molecular formula is C9H19NO2. The van der Waals surface area contributed by atoms with E-state index in [9.17, 15) is 0 Å². The highest BCUT2D eigenvalue weighted by Crippen LogP contribution is 2.12. The Morgan fingerprint density at radius 3 is 3.08 bits per heavy atom. The van der Waals surface area contributed by atoms with E-state index in [-0.39, 0.29) is 0 Å². The van der Waals surface area contributed by atoms with Gasteiger partial charge in [0.2, 0.25) is 0 Å². The van der Waals surface area contributed by atoms with E-state index in [0.29, 0.717) is 12.2 Å². The van der Waals surface area contributed by atoms with E-state index in [1.165, 1.54) is 6.42 Å². The van der Waals surface area contributed by atoms with Crippen LogP contribution in [0.1, 0.15) is 19.8 Å². The molecule has 72 valence electrons. The summed E-state index contributed by atoms with van der Waals surface area (Å²) in [4.78, 5) is 0. The molecule has 0 spiro atoms. The molecule has 12 heavy (non-hydrogen) atoms. The molecule has 0 saturated carbocycles. The van der Waals surface area contributed by atoms with Gasteiger partial charge in [0.1, 0.15) is 0 Å². The Morgan fingerprint density at radius 1 is 1.67 bits per heavy atom. The summed E-state index contributed by atoms with van der Waals surface area (Å²) in [7, 11) is 1.94. The van der Waals surface area contributed by atoms with Crippen molar-refractivity contribution >= 4 is 0 Å². The molecule has 0 aromatic carbocycles. The van der Waals surface area contributed by atoms with Crippen molar-refractivity contribution in [2.75, 3.05) is 26.8 Å². The molecule has 0 amide bonds. The predicted molar refractivity (Wildman–Crippen MR) is 48.3 cm³/mol. The lowest BCUT2D eigenvalue weighted by Crippen LogP contribution is -2.27. The van der Waals surface area contributed by atoms with Crippen molar-refractivity contribution in [3.05, 3.63) is 0 Å². The molecular weight excluding hydrogens is 154 g/mol. The second kappa shape index (κ2) is 5.51. The van der Waals surface area contributed by atoms with Crippen LogP contribution in [0.4, 0.5) is 0 Å². The molecule has 0 radical (unpaired) electrons. The van der Waals surface area contributed by atoms with Crippen LogP contribution in [0.3, 0.4) is 0 Å². The second-order valence-electron chi connectivity index (χ2n) is 3.34. The average Bonchev–Trinajstić information content (AvgIpc) is 2.53. The van der Waals surface area contributed by atoms with Crippen LogP contribution in [0, 0.1) is 0 Å². The van der Waals surface area contributed by atoms with Gasteiger partial charge < -0.3 is 14.8 Å². The lowest BCUT2D eigenvalue weighted by Gasteiger charge is -2.15. The molecule has 1 fully saturated rings. The summed E-state index contributed by atoms with van der Waals surface area (Å²) in [6, 6.07) is 0. The molecule has 1 rings (SSSR count). The fourth-order valence-corrected chi connectivity index (χ4v) is 1.39. The summed E-state index contributed by atoms with van der Waals surface area (Å²) >= 11 is 0. The van der Waals surface area contributed by atoms with E-state index in [1.807, 2.05) is 7.05 Å². The molecule has 0 aliphatic carbocycles. The summed E-state index contributed by atoms with van der Waals surface area (Å²) in [5, 5.41) is 3.08. The van der Waals surface area contributed by atoms with Crippen molar-refractivity contribution < 1.29 is 9.47 Å². The summed E-state index contributed by atoms with van der Waals surface area (Å²) in [5.41, 5.74) is 0. The molecule has 1 saturated heterocycles. The summed E-state index contributed by atoms with van der Waals surface area (Å²) in [5.74, 6) is 0. The second-order valence-corrected chi connectivity index (χ2v) is 3.34. The minimum atomic E-state index is 0.291. The van der Waals surface area contributed by atoms with E-state index in [1.54, 1.807) is 0 Å². The van der Waals surface area contributed by atoms with E-state index < -0.39 is 0 Å². The highest BCUT2D eigenvalue weighted by atomic mass is 16.5. The zero-order valence-electron chi connectivity index (χ0n) is 8.01. The van der Waals surface area contributed by atoms with Gasteiger partial charge in [-0.1, -0.05) is 0 Å². The normalized spacial score (nSPS) is 26.0. The first-order valence-corrected chi connectivity index (χ1v) is 4.70. The molecule has 2 unspecified atom stereocenters. The molecule has 1 aliphatic heterocycles. The van der Waals surface area contributed by atoms with Gasteiger partial charge in [-0.2, -0.15) is 0 Å². The molecule has 1 N–H and O–H groups in total. The zero-order chi connectivity index (χ0) is 8.81. The van der Waals surface area contributed by atoms with Crippen LogP contribution >= 0.6 is 0 Å². The van der Waals surface area contributed by atoms with Crippen LogP contribution in [-0.4, -0.2) is 39.0 Å². The van der Waals surface area contributed by atoms with Crippen LogP contribution in [0.15, 0.2) is 0 Å². The van der Waals surface area contributed by atoms with Gasteiger partial charge >= 0.3 is 0 Å². The first-order valence-electron chi connectivity index (χ1n) is 4.70. The minimum Gasteiger partial charge on any atom is -0.376 e. The van der Waals surface area contributed by atoms with E-state index in [0.717, 1.165) is 26.2 Å². The lowest BCUT2D eigenvalue weighted by molar-refractivity contribution is -0.0127. The Labute approximate surface area is 74.4 Å². The zero-order valence-corrected chi connectivity index (χ0v) is 8.01. The maximum Gasteiger partial charge on any atom is 0.0809 e. The number of ether oxygens (including phenoxy) is 2. The molecule has 1 aliphatic rings. The Bertz CT molecular complexity index is 113. The van der Waals surface area contributed by atoms with Gasteiger partial charge in [-0.3, -0.25) is 0 Å². The first-order chi connectivity index (χ1) is 5.83. The van der Waals surface area contributed by atoms with Crippen LogP contribution in [0.2, 0.25) is 0 Å². The monoisotopic (exact) mass is 173 g/mol. The van der Waals surface area contributed by atoms with E-state index in [2.05, 4.69) is 12.2 Å².